The lowest BCUT2D eigenvalue weighted by atomic mass is 10.0. The van der Waals surface area contributed by atoms with Gasteiger partial charge in [0.25, 0.3) is 0 Å². The molecule has 124 valence electrons. The number of aliphatic hydroxyl groups excluding tert-OH is 1. The minimum absolute atomic E-state index is 0.209. The van der Waals surface area contributed by atoms with E-state index in [1.807, 2.05) is 51.4 Å². The first-order chi connectivity index (χ1) is 10.1. The number of carbonyl (C=O) groups excluding carboxylic acids is 1. The molecule has 0 aliphatic carbocycles. The lowest BCUT2D eigenvalue weighted by Crippen LogP contribution is -2.50. The van der Waals surface area contributed by atoms with E-state index in [-0.39, 0.29) is 6.04 Å². The molecule has 0 radical (unpaired) electrons. The minimum Gasteiger partial charge on any atom is -0.444 e. The Labute approximate surface area is 135 Å². The molecule has 1 aliphatic heterocycles. The van der Waals surface area contributed by atoms with Gasteiger partial charge in [-0.15, -0.1) is 0 Å². The van der Waals surface area contributed by atoms with E-state index < -0.39 is 23.5 Å². The smallest absolute Gasteiger partial charge is 0.412 e. The molecule has 1 aliphatic rings. The van der Waals surface area contributed by atoms with E-state index in [4.69, 9.17) is 9.47 Å². The average Bonchev–Trinajstić information content (AvgIpc) is 2.94. The molecule has 1 saturated heterocycles. The third-order valence-electron chi connectivity index (χ3n) is 3.59. The molecule has 2 rings (SSSR count). The van der Waals surface area contributed by atoms with E-state index in [1.165, 1.54) is 0 Å². The summed E-state index contributed by atoms with van der Waals surface area (Å²) < 4.78 is 11.2. The van der Waals surface area contributed by atoms with Crippen LogP contribution in [0.25, 0.3) is 0 Å². The Morgan fingerprint density at radius 3 is 2.82 bits per heavy atom. The largest absolute Gasteiger partial charge is 0.444 e. The number of nitrogens with zero attached hydrogens (tertiary/aromatic N) is 1. The third-order valence-corrected chi connectivity index (χ3v) is 4.29. The van der Waals surface area contributed by atoms with Gasteiger partial charge in [0.05, 0.1) is 18.8 Å². The Hall–Kier alpha value is -1.11. The molecule has 0 spiro atoms. The van der Waals surface area contributed by atoms with Crippen LogP contribution in [-0.2, 0) is 9.47 Å². The van der Waals surface area contributed by atoms with Crippen molar-refractivity contribution in [3.8, 4) is 0 Å². The maximum atomic E-state index is 12.5. The number of carbonyl (C=O) groups is 1. The number of hydrogen-bond acceptors (Lipinski definition) is 5. The fraction of sp³-hybridized carbons (Fsp3) is 0.688. The van der Waals surface area contributed by atoms with Gasteiger partial charge in [-0.2, -0.15) is 11.3 Å². The molecule has 0 aromatic carbocycles. The molecule has 2 heterocycles. The van der Waals surface area contributed by atoms with Gasteiger partial charge < -0.3 is 14.6 Å². The first-order valence-corrected chi connectivity index (χ1v) is 8.41. The summed E-state index contributed by atoms with van der Waals surface area (Å²) in [6.45, 7) is 9.59. The molecule has 1 aromatic rings. The van der Waals surface area contributed by atoms with Crippen molar-refractivity contribution in [2.75, 3.05) is 6.61 Å². The number of rotatable bonds is 3. The quantitative estimate of drug-likeness (QED) is 0.922. The lowest BCUT2D eigenvalue weighted by Gasteiger charge is -2.35. The van der Waals surface area contributed by atoms with Crippen LogP contribution in [0.1, 0.15) is 52.7 Å². The summed E-state index contributed by atoms with van der Waals surface area (Å²) in [7, 11) is 0. The lowest BCUT2D eigenvalue weighted by molar-refractivity contribution is -0.0637. The normalized spacial score (nSPS) is 22.6. The molecule has 1 unspecified atom stereocenters. The average molecular weight is 327 g/mol. The van der Waals surface area contributed by atoms with Crippen molar-refractivity contribution in [2.45, 2.75) is 64.5 Å². The van der Waals surface area contributed by atoms with E-state index in [9.17, 15) is 9.90 Å². The van der Waals surface area contributed by atoms with E-state index >= 15 is 0 Å². The van der Waals surface area contributed by atoms with Crippen molar-refractivity contribution in [1.29, 1.82) is 0 Å². The summed E-state index contributed by atoms with van der Waals surface area (Å²) in [6.07, 6.45) is -0.587. The molecule has 1 amide bonds. The minimum atomic E-state index is -0.735. The summed E-state index contributed by atoms with van der Waals surface area (Å²) >= 11 is 1.54. The summed E-state index contributed by atoms with van der Waals surface area (Å²) in [5.41, 5.74) is -0.424. The van der Waals surface area contributed by atoms with Gasteiger partial charge in [-0.25, -0.2) is 4.79 Å². The maximum Gasteiger partial charge on any atom is 0.412 e. The van der Waals surface area contributed by atoms with Crippen LogP contribution in [0.3, 0.4) is 0 Å². The van der Waals surface area contributed by atoms with Gasteiger partial charge in [0.15, 0.2) is 0 Å². The molecule has 6 heteroatoms. The van der Waals surface area contributed by atoms with Gasteiger partial charge in [0, 0.05) is 6.42 Å². The molecular weight excluding hydrogens is 302 g/mol. The van der Waals surface area contributed by atoms with Crippen LogP contribution in [0.15, 0.2) is 16.8 Å². The fourth-order valence-electron chi connectivity index (χ4n) is 2.60. The summed E-state index contributed by atoms with van der Waals surface area (Å²) in [4.78, 5) is 14.1. The first-order valence-electron chi connectivity index (χ1n) is 7.46. The molecule has 1 fully saturated rings. The molecule has 0 bridgehead atoms. The summed E-state index contributed by atoms with van der Waals surface area (Å²) in [6, 6.07) is 1.69. The Bertz CT molecular complexity index is 507. The first kappa shape index (κ1) is 17.2. The van der Waals surface area contributed by atoms with Crippen LogP contribution >= 0.6 is 11.3 Å². The van der Waals surface area contributed by atoms with Crippen molar-refractivity contribution in [2.24, 2.45) is 0 Å². The second-order valence-electron chi connectivity index (χ2n) is 7.07. The van der Waals surface area contributed by atoms with E-state index in [0.29, 0.717) is 13.0 Å². The molecular formula is C16H25NO4S. The summed E-state index contributed by atoms with van der Waals surface area (Å²) in [5.74, 6) is 0. The Morgan fingerprint density at radius 1 is 1.59 bits per heavy atom. The van der Waals surface area contributed by atoms with Crippen molar-refractivity contribution in [1.82, 2.24) is 4.90 Å². The maximum absolute atomic E-state index is 12.5. The highest BCUT2D eigenvalue weighted by molar-refractivity contribution is 7.07. The van der Waals surface area contributed by atoms with Crippen LogP contribution in [0.4, 0.5) is 4.79 Å². The van der Waals surface area contributed by atoms with E-state index in [1.54, 1.807) is 16.2 Å². The Balaban J connectivity index is 2.11. The number of hydrogen-bond donors (Lipinski definition) is 1. The van der Waals surface area contributed by atoms with Crippen molar-refractivity contribution < 1.29 is 19.4 Å². The van der Waals surface area contributed by atoms with Gasteiger partial charge in [-0.3, -0.25) is 4.90 Å². The van der Waals surface area contributed by atoms with Crippen molar-refractivity contribution in [3.63, 3.8) is 0 Å². The molecule has 2 atom stereocenters. The zero-order chi connectivity index (χ0) is 16.5. The van der Waals surface area contributed by atoms with Crippen molar-refractivity contribution in [3.05, 3.63) is 22.4 Å². The molecule has 1 aromatic heterocycles. The van der Waals surface area contributed by atoms with Gasteiger partial charge in [-0.05, 0) is 57.0 Å². The van der Waals surface area contributed by atoms with Gasteiger partial charge >= 0.3 is 6.09 Å². The van der Waals surface area contributed by atoms with Crippen molar-refractivity contribution >= 4 is 17.4 Å². The second kappa shape index (κ2) is 6.18. The zero-order valence-corrected chi connectivity index (χ0v) is 14.6. The van der Waals surface area contributed by atoms with Gasteiger partial charge in [-0.1, -0.05) is 0 Å². The standard InChI is InChI=1S/C16H25NO4S/c1-15(2,3)21-14(19)17-12(9-20-16(17,4)5)8-13(18)11-6-7-22-10-11/h6-7,10,12-13,18H,8-9H2,1-5H3/t12?,13-/m1/s1. The predicted molar refractivity (Wildman–Crippen MR) is 85.8 cm³/mol. The van der Waals surface area contributed by atoms with Crippen LogP contribution in [0.5, 0.6) is 0 Å². The van der Waals surface area contributed by atoms with E-state index in [0.717, 1.165) is 5.56 Å². The van der Waals surface area contributed by atoms with Gasteiger partial charge in [0.1, 0.15) is 11.3 Å². The number of amides is 1. The van der Waals surface area contributed by atoms with Gasteiger partial charge in [0.2, 0.25) is 0 Å². The number of ether oxygens (including phenoxy) is 2. The van der Waals surface area contributed by atoms with Crippen LogP contribution in [0, 0.1) is 0 Å². The van der Waals surface area contributed by atoms with E-state index in [2.05, 4.69) is 0 Å². The zero-order valence-electron chi connectivity index (χ0n) is 13.8. The van der Waals surface area contributed by atoms with Crippen LogP contribution in [-0.4, -0.2) is 40.1 Å². The monoisotopic (exact) mass is 327 g/mol. The van der Waals surface area contributed by atoms with Crippen LogP contribution < -0.4 is 0 Å². The topological polar surface area (TPSA) is 59.0 Å². The fourth-order valence-corrected chi connectivity index (χ4v) is 3.30. The SMILES string of the molecule is CC(C)(C)OC(=O)N1C(C[C@@H](O)c2ccsc2)COC1(C)C. The third kappa shape index (κ3) is 4.00. The molecule has 1 N–H and O–H groups in total. The Morgan fingerprint density at radius 2 is 2.27 bits per heavy atom. The van der Waals surface area contributed by atoms with Crippen LogP contribution in [0.2, 0.25) is 0 Å². The predicted octanol–water partition coefficient (Wildman–Crippen LogP) is 3.54. The highest BCUT2D eigenvalue weighted by atomic mass is 32.1. The highest BCUT2D eigenvalue weighted by Crippen LogP contribution is 2.34. The molecule has 5 nitrogen and oxygen atoms in total. The second-order valence-corrected chi connectivity index (χ2v) is 7.85. The highest BCUT2D eigenvalue weighted by Gasteiger charge is 2.46. The number of aliphatic hydroxyl groups is 1. The Kier molecular flexibility index (Phi) is 4.84. The molecule has 22 heavy (non-hydrogen) atoms. The summed E-state index contributed by atoms with van der Waals surface area (Å²) in [5, 5.41) is 14.2. The molecule has 0 saturated carbocycles. The number of thiophene rings is 1.